The smallest absolute Gasteiger partial charge is 0.224 e. The Morgan fingerprint density at radius 3 is 2.93 bits per heavy atom. The summed E-state index contributed by atoms with van der Waals surface area (Å²) >= 11 is 1.62. The molecule has 14 heavy (non-hydrogen) atoms. The number of thiazole rings is 1. The number of aryl methyl sites for hydroxylation is 1. The lowest BCUT2D eigenvalue weighted by Crippen LogP contribution is -2.05. The van der Waals surface area contributed by atoms with Crippen molar-refractivity contribution in [1.29, 1.82) is 0 Å². The lowest BCUT2D eigenvalue weighted by molar-refractivity contribution is 0.853. The van der Waals surface area contributed by atoms with Gasteiger partial charge in [-0.15, -0.1) is 21.5 Å². The molecule has 6 heteroatoms. The first kappa shape index (κ1) is 9.14. The normalized spacial score (nSPS) is 10.4. The predicted octanol–water partition coefficient (Wildman–Crippen LogP) is 1.19. The molecule has 2 heterocycles. The second-order valence-electron chi connectivity index (χ2n) is 2.91. The number of aromatic nitrogens is 4. The van der Waals surface area contributed by atoms with Gasteiger partial charge >= 0.3 is 0 Å². The van der Waals surface area contributed by atoms with Gasteiger partial charge < -0.3 is 9.88 Å². The monoisotopic (exact) mass is 209 g/mol. The van der Waals surface area contributed by atoms with E-state index in [0.717, 1.165) is 16.8 Å². The topological polar surface area (TPSA) is 55.6 Å². The quantitative estimate of drug-likeness (QED) is 0.825. The molecular weight excluding hydrogens is 198 g/mol. The Morgan fingerprint density at radius 1 is 1.50 bits per heavy atom. The summed E-state index contributed by atoms with van der Waals surface area (Å²) in [6, 6.07) is 0. The van der Waals surface area contributed by atoms with Crippen molar-refractivity contribution in [3.05, 3.63) is 22.4 Å². The van der Waals surface area contributed by atoms with Crippen LogP contribution in [0.4, 0.5) is 5.95 Å². The molecule has 0 saturated carbocycles. The second kappa shape index (κ2) is 3.75. The van der Waals surface area contributed by atoms with E-state index in [0.29, 0.717) is 6.54 Å². The van der Waals surface area contributed by atoms with E-state index in [1.165, 1.54) is 0 Å². The van der Waals surface area contributed by atoms with Crippen molar-refractivity contribution in [3.8, 4) is 0 Å². The molecular formula is C8H11N5S. The van der Waals surface area contributed by atoms with Gasteiger partial charge in [-0.2, -0.15) is 0 Å². The lowest BCUT2D eigenvalue weighted by Gasteiger charge is -2.02. The molecule has 74 valence electrons. The van der Waals surface area contributed by atoms with Gasteiger partial charge in [0, 0.05) is 18.6 Å². The molecule has 5 nitrogen and oxygen atoms in total. The molecule has 2 aromatic heterocycles. The van der Waals surface area contributed by atoms with Crippen LogP contribution < -0.4 is 5.32 Å². The lowest BCUT2D eigenvalue weighted by atomic mass is 10.6. The standard InChI is InChI=1S/C8H11N5S/c1-6-11-12-8(13(6)2)10-5-7-9-3-4-14-7/h3-4H,5H2,1-2H3,(H,10,12). The van der Waals surface area contributed by atoms with E-state index < -0.39 is 0 Å². The van der Waals surface area contributed by atoms with Crippen LogP contribution >= 0.6 is 11.3 Å². The number of nitrogens with zero attached hydrogens (tertiary/aromatic N) is 4. The Morgan fingerprint density at radius 2 is 2.36 bits per heavy atom. The van der Waals surface area contributed by atoms with Crippen LogP contribution in [0.25, 0.3) is 0 Å². The van der Waals surface area contributed by atoms with Crippen LogP contribution in [-0.4, -0.2) is 19.7 Å². The Kier molecular flexibility index (Phi) is 2.45. The van der Waals surface area contributed by atoms with Crippen molar-refractivity contribution in [3.63, 3.8) is 0 Å². The average molecular weight is 209 g/mol. The number of anilines is 1. The van der Waals surface area contributed by atoms with Gasteiger partial charge in [0.2, 0.25) is 5.95 Å². The fourth-order valence-electron chi connectivity index (χ4n) is 1.06. The number of hydrogen-bond acceptors (Lipinski definition) is 5. The molecule has 0 fully saturated rings. The minimum Gasteiger partial charge on any atom is -0.348 e. The van der Waals surface area contributed by atoms with Gasteiger partial charge in [-0.05, 0) is 6.92 Å². The fraction of sp³-hybridized carbons (Fsp3) is 0.375. The largest absolute Gasteiger partial charge is 0.348 e. The van der Waals surface area contributed by atoms with E-state index in [-0.39, 0.29) is 0 Å². The molecule has 2 aromatic rings. The number of hydrogen-bond donors (Lipinski definition) is 1. The van der Waals surface area contributed by atoms with Crippen molar-refractivity contribution >= 4 is 17.3 Å². The summed E-state index contributed by atoms with van der Waals surface area (Å²) in [4.78, 5) is 4.17. The maximum Gasteiger partial charge on any atom is 0.224 e. The summed E-state index contributed by atoms with van der Waals surface area (Å²) in [6.07, 6.45) is 1.80. The molecule has 0 saturated heterocycles. The number of rotatable bonds is 3. The van der Waals surface area contributed by atoms with Crippen molar-refractivity contribution in [1.82, 2.24) is 19.7 Å². The fourth-order valence-corrected chi connectivity index (χ4v) is 1.61. The SMILES string of the molecule is Cc1nnc(NCc2nccs2)n1C. The molecule has 0 aliphatic rings. The van der Waals surface area contributed by atoms with E-state index in [4.69, 9.17) is 0 Å². The Balaban J connectivity index is 2.02. The summed E-state index contributed by atoms with van der Waals surface area (Å²) in [5.74, 6) is 1.67. The highest BCUT2D eigenvalue weighted by Crippen LogP contribution is 2.08. The van der Waals surface area contributed by atoms with E-state index >= 15 is 0 Å². The van der Waals surface area contributed by atoms with Crippen molar-refractivity contribution in [2.45, 2.75) is 13.5 Å². The van der Waals surface area contributed by atoms with Crippen LogP contribution in [0.2, 0.25) is 0 Å². The van der Waals surface area contributed by atoms with E-state index in [1.54, 1.807) is 17.5 Å². The third-order valence-corrected chi connectivity index (χ3v) is 2.75. The first-order valence-electron chi connectivity index (χ1n) is 4.25. The molecule has 0 unspecified atom stereocenters. The maximum atomic E-state index is 4.17. The van der Waals surface area contributed by atoms with Gasteiger partial charge in [-0.1, -0.05) is 0 Å². The summed E-state index contributed by atoms with van der Waals surface area (Å²) < 4.78 is 1.91. The Labute approximate surface area is 85.8 Å². The zero-order chi connectivity index (χ0) is 9.97. The summed E-state index contributed by atoms with van der Waals surface area (Å²) in [5, 5.41) is 14.1. The first-order valence-corrected chi connectivity index (χ1v) is 5.13. The molecule has 0 aromatic carbocycles. The van der Waals surface area contributed by atoms with Crippen molar-refractivity contribution in [2.24, 2.45) is 7.05 Å². The zero-order valence-corrected chi connectivity index (χ0v) is 8.88. The third-order valence-electron chi connectivity index (χ3n) is 1.97. The van der Waals surface area contributed by atoms with Gasteiger partial charge in [0.15, 0.2) is 0 Å². The highest BCUT2D eigenvalue weighted by atomic mass is 32.1. The maximum absolute atomic E-state index is 4.17. The van der Waals surface area contributed by atoms with Crippen LogP contribution in [0.1, 0.15) is 10.8 Å². The van der Waals surface area contributed by atoms with Crippen LogP contribution in [0.15, 0.2) is 11.6 Å². The minimum atomic E-state index is 0.698. The van der Waals surface area contributed by atoms with Crippen molar-refractivity contribution < 1.29 is 0 Å². The molecule has 2 rings (SSSR count). The van der Waals surface area contributed by atoms with E-state index in [2.05, 4.69) is 20.5 Å². The average Bonchev–Trinajstić information content (AvgIpc) is 2.77. The summed E-state index contributed by atoms with van der Waals surface area (Å²) in [5.41, 5.74) is 0. The predicted molar refractivity (Wildman–Crippen MR) is 55.2 cm³/mol. The number of nitrogens with one attached hydrogen (secondary N) is 1. The molecule has 0 aliphatic heterocycles. The van der Waals surface area contributed by atoms with Crippen LogP contribution in [0, 0.1) is 6.92 Å². The molecule has 0 radical (unpaired) electrons. The molecule has 0 spiro atoms. The van der Waals surface area contributed by atoms with E-state index in [9.17, 15) is 0 Å². The highest BCUT2D eigenvalue weighted by molar-refractivity contribution is 7.09. The molecule has 1 N–H and O–H groups in total. The van der Waals surface area contributed by atoms with E-state index in [1.807, 2.05) is 23.9 Å². The van der Waals surface area contributed by atoms with Gasteiger partial charge in [0.25, 0.3) is 0 Å². The molecule has 0 atom stereocenters. The summed E-state index contributed by atoms with van der Waals surface area (Å²) in [7, 11) is 1.93. The molecule has 0 amide bonds. The summed E-state index contributed by atoms with van der Waals surface area (Å²) in [6.45, 7) is 2.62. The highest BCUT2D eigenvalue weighted by Gasteiger charge is 2.03. The Bertz CT molecular complexity index is 405. The first-order chi connectivity index (χ1) is 6.77. The van der Waals surface area contributed by atoms with Crippen LogP contribution in [0.3, 0.4) is 0 Å². The van der Waals surface area contributed by atoms with Gasteiger partial charge in [-0.25, -0.2) is 4.98 Å². The zero-order valence-electron chi connectivity index (χ0n) is 8.06. The van der Waals surface area contributed by atoms with Gasteiger partial charge in [0.1, 0.15) is 10.8 Å². The van der Waals surface area contributed by atoms with Crippen molar-refractivity contribution in [2.75, 3.05) is 5.32 Å². The van der Waals surface area contributed by atoms with Crippen LogP contribution in [0.5, 0.6) is 0 Å². The second-order valence-corrected chi connectivity index (χ2v) is 3.89. The molecule has 0 aliphatic carbocycles. The molecule has 0 bridgehead atoms. The van der Waals surface area contributed by atoms with Gasteiger partial charge in [-0.3, -0.25) is 0 Å². The van der Waals surface area contributed by atoms with Crippen LogP contribution in [-0.2, 0) is 13.6 Å². The Hall–Kier alpha value is -1.43. The minimum absolute atomic E-state index is 0.698. The van der Waals surface area contributed by atoms with Gasteiger partial charge in [0.05, 0.1) is 6.54 Å². The third kappa shape index (κ3) is 1.74.